The minimum Gasteiger partial charge on any atom is -0.370 e. The molecule has 106 valence electrons. The highest BCUT2D eigenvalue weighted by Gasteiger charge is 2.36. The van der Waals surface area contributed by atoms with Crippen LogP contribution in [0.3, 0.4) is 0 Å². The zero-order valence-corrected chi connectivity index (χ0v) is 12.7. The maximum absolute atomic E-state index is 4.90. The van der Waals surface area contributed by atoms with Crippen LogP contribution in [-0.2, 0) is 6.42 Å². The molecule has 1 aromatic rings. The van der Waals surface area contributed by atoms with E-state index in [0.29, 0.717) is 17.4 Å². The largest absolute Gasteiger partial charge is 0.370 e. The Balaban J connectivity index is 1.78. The normalized spacial score (nSPS) is 24.7. The highest BCUT2D eigenvalue weighted by atomic mass is 15.4. The average Bonchev–Trinajstić information content (AvgIpc) is 3.07. The summed E-state index contributed by atoms with van der Waals surface area (Å²) in [6.07, 6.45) is 5.13. The Labute approximate surface area is 116 Å². The molecule has 0 bridgehead atoms. The standard InChI is InChI=1S/C16H27N3/c1-11(16(2,3)4)9-13-10-15-17-8-7-14(12-5-6-12)19(15)18-13/h10-12,14,17H,5-9H2,1-4H3. The van der Waals surface area contributed by atoms with Gasteiger partial charge in [-0.1, -0.05) is 27.7 Å². The van der Waals surface area contributed by atoms with Crippen molar-refractivity contribution in [2.24, 2.45) is 17.3 Å². The molecule has 2 atom stereocenters. The van der Waals surface area contributed by atoms with Crippen LogP contribution < -0.4 is 5.32 Å². The molecular formula is C16H27N3. The molecule has 1 aromatic heterocycles. The van der Waals surface area contributed by atoms with Crippen molar-refractivity contribution < 1.29 is 0 Å². The monoisotopic (exact) mass is 261 g/mol. The zero-order chi connectivity index (χ0) is 13.6. The molecule has 1 N–H and O–H groups in total. The topological polar surface area (TPSA) is 29.9 Å². The lowest BCUT2D eigenvalue weighted by atomic mass is 9.79. The van der Waals surface area contributed by atoms with Gasteiger partial charge in [0, 0.05) is 12.6 Å². The van der Waals surface area contributed by atoms with Gasteiger partial charge in [0.05, 0.1) is 11.7 Å². The maximum Gasteiger partial charge on any atom is 0.124 e. The minimum atomic E-state index is 0.355. The summed E-state index contributed by atoms with van der Waals surface area (Å²) in [5.41, 5.74) is 1.62. The van der Waals surface area contributed by atoms with Gasteiger partial charge in [-0.05, 0) is 42.9 Å². The summed E-state index contributed by atoms with van der Waals surface area (Å²) in [5, 5.41) is 8.41. The Morgan fingerprint density at radius 1 is 1.37 bits per heavy atom. The molecule has 3 rings (SSSR count). The highest BCUT2D eigenvalue weighted by Crippen LogP contribution is 2.44. The van der Waals surface area contributed by atoms with Crippen LogP contribution in [0.15, 0.2) is 6.07 Å². The first kappa shape index (κ1) is 13.0. The number of anilines is 1. The van der Waals surface area contributed by atoms with Crippen molar-refractivity contribution in [2.45, 2.75) is 59.4 Å². The van der Waals surface area contributed by atoms with Gasteiger partial charge in [-0.15, -0.1) is 0 Å². The predicted octanol–water partition coefficient (Wildman–Crippen LogP) is 3.87. The van der Waals surface area contributed by atoms with Crippen LogP contribution in [0.2, 0.25) is 0 Å². The molecule has 1 fully saturated rings. The summed E-state index contributed by atoms with van der Waals surface area (Å²) < 4.78 is 2.28. The van der Waals surface area contributed by atoms with E-state index in [-0.39, 0.29) is 0 Å². The van der Waals surface area contributed by atoms with E-state index >= 15 is 0 Å². The van der Waals surface area contributed by atoms with Crippen LogP contribution in [0.25, 0.3) is 0 Å². The van der Waals surface area contributed by atoms with Gasteiger partial charge in [0.1, 0.15) is 5.82 Å². The average molecular weight is 261 g/mol. The summed E-state index contributed by atoms with van der Waals surface area (Å²) in [6, 6.07) is 2.94. The minimum absolute atomic E-state index is 0.355. The fourth-order valence-corrected chi connectivity index (χ4v) is 2.94. The first-order valence-corrected chi connectivity index (χ1v) is 7.77. The molecule has 3 nitrogen and oxygen atoms in total. The van der Waals surface area contributed by atoms with Crippen LogP contribution in [0, 0.1) is 17.3 Å². The van der Waals surface area contributed by atoms with Crippen molar-refractivity contribution in [2.75, 3.05) is 11.9 Å². The summed E-state index contributed by atoms with van der Waals surface area (Å²) in [4.78, 5) is 0. The van der Waals surface area contributed by atoms with Crippen molar-refractivity contribution >= 4 is 5.82 Å². The quantitative estimate of drug-likeness (QED) is 0.895. The maximum atomic E-state index is 4.90. The summed E-state index contributed by atoms with van der Waals surface area (Å²) in [6.45, 7) is 10.4. The first-order valence-electron chi connectivity index (χ1n) is 7.77. The van der Waals surface area contributed by atoms with Gasteiger partial charge in [-0.3, -0.25) is 0 Å². The Morgan fingerprint density at radius 3 is 2.74 bits per heavy atom. The molecule has 0 saturated heterocycles. The molecule has 0 aromatic carbocycles. The number of fused-ring (bicyclic) bond motifs is 1. The third kappa shape index (κ3) is 2.65. The Morgan fingerprint density at radius 2 is 2.11 bits per heavy atom. The fourth-order valence-electron chi connectivity index (χ4n) is 2.94. The molecule has 1 saturated carbocycles. The molecular weight excluding hydrogens is 234 g/mol. The second-order valence-electron chi connectivity index (χ2n) is 7.56. The summed E-state index contributed by atoms with van der Waals surface area (Å²) in [7, 11) is 0. The second kappa shape index (κ2) is 4.53. The zero-order valence-electron chi connectivity index (χ0n) is 12.7. The van der Waals surface area contributed by atoms with E-state index in [4.69, 9.17) is 5.10 Å². The molecule has 19 heavy (non-hydrogen) atoms. The SMILES string of the molecule is CC(Cc1cc2n(n1)C(C1CC1)CCN2)C(C)(C)C. The van der Waals surface area contributed by atoms with Crippen molar-refractivity contribution in [3.8, 4) is 0 Å². The molecule has 0 spiro atoms. The number of rotatable bonds is 3. The van der Waals surface area contributed by atoms with E-state index in [0.717, 1.165) is 18.9 Å². The number of aromatic nitrogens is 2. The predicted molar refractivity (Wildman–Crippen MR) is 79.4 cm³/mol. The van der Waals surface area contributed by atoms with Gasteiger partial charge in [0.15, 0.2) is 0 Å². The van der Waals surface area contributed by atoms with Gasteiger partial charge < -0.3 is 5.32 Å². The van der Waals surface area contributed by atoms with Gasteiger partial charge in [0.2, 0.25) is 0 Å². The van der Waals surface area contributed by atoms with Crippen LogP contribution in [0.4, 0.5) is 5.82 Å². The molecule has 2 unspecified atom stereocenters. The van der Waals surface area contributed by atoms with E-state index in [1.54, 1.807) is 0 Å². The van der Waals surface area contributed by atoms with Gasteiger partial charge >= 0.3 is 0 Å². The molecule has 2 heterocycles. The Kier molecular flexibility index (Phi) is 3.11. The smallest absolute Gasteiger partial charge is 0.124 e. The Hall–Kier alpha value is -0.990. The van der Waals surface area contributed by atoms with Crippen molar-refractivity contribution in [3.63, 3.8) is 0 Å². The number of nitrogens with zero attached hydrogens (tertiary/aromatic N) is 2. The van der Waals surface area contributed by atoms with Crippen LogP contribution in [0.1, 0.15) is 58.7 Å². The van der Waals surface area contributed by atoms with E-state index < -0.39 is 0 Å². The van der Waals surface area contributed by atoms with Gasteiger partial charge in [-0.2, -0.15) is 5.10 Å². The Bertz CT molecular complexity index is 451. The summed E-state index contributed by atoms with van der Waals surface area (Å²) in [5.74, 6) is 2.80. The lowest BCUT2D eigenvalue weighted by molar-refractivity contribution is 0.257. The van der Waals surface area contributed by atoms with Crippen LogP contribution >= 0.6 is 0 Å². The van der Waals surface area contributed by atoms with Crippen molar-refractivity contribution in [3.05, 3.63) is 11.8 Å². The van der Waals surface area contributed by atoms with Crippen LogP contribution in [0.5, 0.6) is 0 Å². The summed E-state index contributed by atoms with van der Waals surface area (Å²) >= 11 is 0. The van der Waals surface area contributed by atoms with Gasteiger partial charge in [0.25, 0.3) is 0 Å². The molecule has 2 aliphatic rings. The van der Waals surface area contributed by atoms with E-state index in [1.165, 1.54) is 30.8 Å². The molecule has 3 heteroatoms. The van der Waals surface area contributed by atoms with Crippen molar-refractivity contribution in [1.29, 1.82) is 0 Å². The van der Waals surface area contributed by atoms with E-state index in [2.05, 4.69) is 43.8 Å². The number of hydrogen-bond acceptors (Lipinski definition) is 2. The third-order valence-corrected chi connectivity index (χ3v) is 5.01. The molecule has 1 aliphatic heterocycles. The lowest BCUT2D eigenvalue weighted by Crippen LogP contribution is -2.25. The molecule has 0 amide bonds. The first-order chi connectivity index (χ1) is 8.95. The van der Waals surface area contributed by atoms with Crippen molar-refractivity contribution in [1.82, 2.24) is 9.78 Å². The van der Waals surface area contributed by atoms with Crippen LogP contribution in [-0.4, -0.2) is 16.3 Å². The fraction of sp³-hybridized carbons (Fsp3) is 0.812. The molecule has 0 radical (unpaired) electrons. The van der Waals surface area contributed by atoms with E-state index in [9.17, 15) is 0 Å². The lowest BCUT2D eigenvalue weighted by Gasteiger charge is -2.26. The third-order valence-electron chi connectivity index (χ3n) is 5.01. The highest BCUT2D eigenvalue weighted by molar-refractivity contribution is 5.39. The molecule has 1 aliphatic carbocycles. The van der Waals surface area contributed by atoms with E-state index in [1.807, 2.05) is 0 Å². The second-order valence-corrected chi connectivity index (χ2v) is 7.56. The van der Waals surface area contributed by atoms with Gasteiger partial charge in [-0.25, -0.2) is 4.68 Å². The number of hydrogen-bond donors (Lipinski definition) is 1. The number of nitrogens with one attached hydrogen (secondary N) is 1.